The van der Waals surface area contributed by atoms with Crippen LogP contribution in [0.25, 0.3) is 11.0 Å². The minimum atomic E-state index is -0.437. The maximum absolute atomic E-state index is 12.4. The van der Waals surface area contributed by atoms with Crippen molar-refractivity contribution in [1.82, 2.24) is 9.55 Å². The Bertz CT molecular complexity index is 928. The first kappa shape index (κ1) is 18.0. The monoisotopic (exact) mass is 352 g/mol. The highest BCUT2D eigenvalue weighted by Crippen LogP contribution is 2.28. The van der Waals surface area contributed by atoms with E-state index in [1.54, 1.807) is 6.92 Å². The van der Waals surface area contributed by atoms with Crippen LogP contribution in [0.2, 0.25) is 0 Å². The smallest absolute Gasteiger partial charge is 0.420 e. The molecule has 0 saturated heterocycles. The number of carbonyl (C=O) groups excluding carboxylic acids is 1. The molecule has 0 saturated carbocycles. The standard InChI is InChI=1S/C21H24N2O3/c1-5-25-21(24)23-18-9-7-6-8-17(18)22-20(23)13-26-19-12-15(4)10-11-16(19)14(2)3/h6-12,14H,5,13H2,1-4H3. The Morgan fingerprint density at radius 1 is 1.19 bits per heavy atom. The lowest BCUT2D eigenvalue weighted by atomic mass is 10.0. The first-order valence-electron chi connectivity index (χ1n) is 8.88. The fourth-order valence-electron chi connectivity index (χ4n) is 2.95. The van der Waals surface area contributed by atoms with Crippen molar-refractivity contribution in [2.75, 3.05) is 6.61 Å². The molecule has 0 fully saturated rings. The number of hydrogen-bond acceptors (Lipinski definition) is 4. The highest BCUT2D eigenvalue weighted by Gasteiger charge is 2.18. The Morgan fingerprint density at radius 3 is 2.69 bits per heavy atom. The van der Waals surface area contributed by atoms with Gasteiger partial charge in [0.1, 0.15) is 12.4 Å². The molecule has 0 N–H and O–H groups in total. The molecule has 1 aromatic heterocycles. The van der Waals surface area contributed by atoms with E-state index >= 15 is 0 Å². The lowest BCUT2D eigenvalue weighted by Gasteiger charge is -2.15. The van der Waals surface area contributed by atoms with Crippen LogP contribution in [-0.4, -0.2) is 22.3 Å². The maximum atomic E-state index is 12.4. The maximum Gasteiger partial charge on any atom is 0.420 e. The summed E-state index contributed by atoms with van der Waals surface area (Å²) in [6, 6.07) is 13.7. The van der Waals surface area contributed by atoms with Crippen molar-refractivity contribution in [3.8, 4) is 5.75 Å². The third kappa shape index (κ3) is 3.57. The van der Waals surface area contributed by atoms with Gasteiger partial charge < -0.3 is 9.47 Å². The molecular weight excluding hydrogens is 328 g/mol. The Hall–Kier alpha value is -2.82. The third-order valence-electron chi connectivity index (χ3n) is 4.23. The topological polar surface area (TPSA) is 53.4 Å². The molecule has 5 heteroatoms. The van der Waals surface area contributed by atoms with Crippen LogP contribution in [-0.2, 0) is 11.3 Å². The molecule has 26 heavy (non-hydrogen) atoms. The number of aromatic nitrogens is 2. The lowest BCUT2D eigenvalue weighted by Crippen LogP contribution is -2.18. The zero-order valence-corrected chi connectivity index (χ0v) is 15.7. The van der Waals surface area contributed by atoms with E-state index in [2.05, 4.69) is 31.0 Å². The Balaban J connectivity index is 1.96. The third-order valence-corrected chi connectivity index (χ3v) is 4.23. The molecule has 0 aliphatic carbocycles. The van der Waals surface area contributed by atoms with Gasteiger partial charge in [0, 0.05) is 0 Å². The van der Waals surface area contributed by atoms with Gasteiger partial charge in [-0.15, -0.1) is 0 Å². The quantitative estimate of drug-likeness (QED) is 0.644. The molecule has 0 aliphatic heterocycles. The minimum absolute atomic E-state index is 0.191. The number of hydrogen-bond donors (Lipinski definition) is 0. The molecule has 1 heterocycles. The first-order valence-corrected chi connectivity index (χ1v) is 8.88. The second kappa shape index (κ2) is 7.60. The summed E-state index contributed by atoms with van der Waals surface area (Å²) in [4.78, 5) is 17.0. The van der Waals surface area contributed by atoms with Crippen molar-refractivity contribution in [3.63, 3.8) is 0 Å². The second-order valence-corrected chi connectivity index (χ2v) is 6.54. The number of rotatable bonds is 5. The zero-order valence-electron chi connectivity index (χ0n) is 15.7. The lowest BCUT2D eigenvalue weighted by molar-refractivity contribution is 0.152. The van der Waals surface area contributed by atoms with E-state index in [0.29, 0.717) is 18.3 Å². The van der Waals surface area contributed by atoms with Gasteiger partial charge in [-0.1, -0.05) is 38.1 Å². The number of benzene rings is 2. The summed E-state index contributed by atoms with van der Waals surface area (Å²) >= 11 is 0. The van der Waals surface area contributed by atoms with E-state index in [1.165, 1.54) is 4.57 Å². The van der Waals surface area contributed by atoms with Gasteiger partial charge in [-0.3, -0.25) is 0 Å². The molecule has 0 unspecified atom stereocenters. The van der Waals surface area contributed by atoms with Crippen molar-refractivity contribution in [2.45, 2.75) is 40.2 Å². The average Bonchev–Trinajstić information content (AvgIpc) is 2.98. The fourth-order valence-corrected chi connectivity index (χ4v) is 2.95. The molecule has 3 rings (SSSR count). The highest BCUT2D eigenvalue weighted by atomic mass is 16.5. The van der Waals surface area contributed by atoms with E-state index in [1.807, 2.05) is 37.3 Å². The van der Waals surface area contributed by atoms with Crippen LogP contribution in [0.4, 0.5) is 4.79 Å². The number of nitrogens with zero attached hydrogens (tertiary/aromatic N) is 2. The van der Waals surface area contributed by atoms with Crippen LogP contribution in [0.15, 0.2) is 42.5 Å². The molecule has 0 bridgehead atoms. The highest BCUT2D eigenvalue weighted by molar-refractivity contribution is 5.87. The summed E-state index contributed by atoms with van der Waals surface area (Å²) in [5.41, 5.74) is 3.73. The van der Waals surface area contributed by atoms with Gasteiger partial charge >= 0.3 is 6.09 Å². The number of carbonyl (C=O) groups is 1. The van der Waals surface area contributed by atoms with E-state index < -0.39 is 6.09 Å². The average molecular weight is 352 g/mol. The zero-order chi connectivity index (χ0) is 18.7. The molecule has 0 atom stereocenters. The summed E-state index contributed by atoms with van der Waals surface area (Å²) in [6.45, 7) is 8.58. The Kier molecular flexibility index (Phi) is 5.26. The van der Waals surface area contributed by atoms with Crippen LogP contribution < -0.4 is 4.74 Å². The van der Waals surface area contributed by atoms with Gasteiger partial charge in [-0.05, 0) is 49.1 Å². The molecule has 136 valence electrons. The van der Waals surface area contributed by atoms with Gasteiger partial charge in [-0.2, -0.15) is 0 Å². The number of aryl methyl sites for hydroxylation is 1. The van der Waals surface area contributed by atoms with Gasteiger partial charge in [0.2, 0.25) is 0 Å². The van der Waals surface area contributed by atoms with Crippen molar-refractivity contribution >= 4 is 17.1 Å². The molecule has 5 nitrogen and oxygen atoms in total. The predicted molar refractivity (Wildman–Crippen MR) is 102 cm³/mol. The van der Waals surface area contributed by atoms with Crippen LogP contribution in [0.3, 0.4) is 0 Å². The Labute approximate surface area is 153 Å². The van der Waals surface area contributed by atoms with Gasteiger partial charge in [0.25, 0.3) is 0 Å². The van der Waals surface area contributed by atoms with E-state index in [4.69, 9.17) is 9.47 Å². The first-order chi connectivity index (χ1) is 12.5. The summed E-state index contributed by atoms with van der Waals surface area (Å²) in [5, 5.41) is 0. The summed E-state index contributed by atoms with van der Waals surface area (Å²) in [7, 11) is 0. The van der Waals surface area contributed by atoms with Crippen LogP contribution in [0.5, 0.6) is 5.75 Å². The van der Waals surface area contributed by atoms with E-state index in [-0.39, 0.29) is 6.61 Å². The second-order valence-electron chi connectivity index (χ2n) is 6.54. The number of ether oxygens (including phenoxy) is 2. The Morgan fingerprint density at radius 2 is 1.96 bits per heavy atom. The summed E-state index contributed by atoms with van der Waals surface area (Å²) in [5.74, 6) is 1.69. The molecule has 0 radical (unpaired) electrons. The van der Waals surface area contributed by atoms with Gasteiger partial charge in [-0.25, -0.2) is 14.3 Å². The van der Waals surface area contributed by atoms with Crippen LogP contribution in [0.1, 0.15) is 43.6 Å². The SMILES string of the molecule is CCOC(=O)n1c(COc2cc(C)ccc2C(C)C)nc2ccccc21. The molecule has 0 aliphatic rings. The summed E-state index contributed by atoms with van der Waals surface area (Å²) in [6.07, 6.45) is -0.437. The molecule has 3 aromatic rings. The number of fused-ring (bicyclic) bond motifs is 1. The van der Waals surface area contributed by atoms with Crippen LogP contribution >= 0.6 is 0 Å². The largest absolute Gasteiger partial charge is 0.485 e. The number of imidazole rings is 1. The molecule has 2 aromatic carbocycles. The number of para-hydroxylation sites is 2. The van der Waals surface area contributed by atoms with Crippen molar-refractivity contribution in [2.24, 2.45) is 0 Å². The van der Waals surface area contributed by atoms with Gasteiger partial charge in [0.05, 0.1) is 17.6 Å². The van der Waals surface area contributed by atoms with E-state index in [0.717, 1.165) is 27.9 Å². The minimum Gasteiger partial charge on any atom is -0.485 e. The molecule has 0 amide bonds. The van der Waals surface area contributed by atoms with Crippen molar-refractivity contribution < 1.29 is 14.3 Å². The van der Waals surface area contributed by atoms with Gasteiger partial charge in [0.15, 0.2) is 5.82 Å². The van der Waals surface area contributed by atoms with Crippen molar-refractivity contribution in [3.05, 3.63) is 59.4 Å². The fraction of sp³-hybridized carbons (Fsp3) is 0.333. The summed E-state index contributed by atoms with van der Waals surface area (Å²) < 4.78 is 12.8. The predicted octanol–water partition coefficient (Wildman–Crippen LogP) is 5.05. The normalized spacial score (nSPS) is 11.1. The van der Waals surface area contributed by atoms with E-state index in [9.17, 15) is 4.79 Å². The van der Waals surface area contributed by atoms with Crippen LogP contribution in [0, 0.1) is 6.92 Å². The molecular formula is C21H24N2O3. The van der Waals surface area contributed by atoms with Crippen molar-refractivity contribution in [1.29, 1.82) is 0 Å². The molecule has 0 spiro atoms.